The predicted molar refractivity (Wildman–Crippen MR) is 86.7 cm³/mol. The van der Waals surface area contributed by atoms with E-state index in [1.54, 1.807) is 0 Å². The quantitative estimate of drug-likeness (QED) is 0.435. The first kappa shape index (κ1) is 18.2. The van der Waals surface area contributed by atoms with Gasteiger partial charge in [-0.2, -0.15) is 18.4 Å². The molecule has 0 bridgehead atoms. The smallest absolute Gasteiger partial charge is 0.318 e. The van der Waals surface area contributed by atoms with E-state index in [-0.39, 0.29) is 34.8 Å². The molecule has 1 aromatic rings. The molecule has 2 fully saturated rings. The van der Waals surface area contributed by atoms with Crippen LogP contribution >= 0.6 is 11.6 Å². The van der Waals surface area contributed by atoms with Crippen LogP contribution in [0.15, 0.2) is 17.2 Å². The Balaban J connectivity index is 2.15. The van der Waals surface area contributed by atoms with E-state index >= 15 is 0 Å². The number of hydrogen-bond acceptors (Lipinski definition) is 3. The zero-order valence-corrected chi connectivity index (χ0v) is 14.2. The molecule has 2 aliphatic heterocycles. The number of alkyl halides is 3. The van der Waals surface area contributed by atoms with Crippen LogP contribution in [0.1, 0.15) is 17.5 Å². The summed E-state index contributed by atoms with van der Waals surface area (Å²) >= 11 is 6.06. The molecule has 26 heavy (non-hydrogen) atoms. The van der Waals surface area contributed by atoms with Gasteiger partial charge in [-0.15, -0.1) is 0 Å². The third-order valence-electron chi connectivity index (χ3n) is 4.75. The summed E-state index contributed by atoms with van der Waals surface area (Å²) in [6, 6.07) is -0.852. The molecule has 11 heteroatoms. The fourth-order valence-corrected chi connectivity index (χ4v) is 3.82. The predicted octanol–water partition coefficient (Wildman–Crippen LogP) is 4.14. The number of anilines is 1. The van der Waals surface area contributed by atoms with E-state index in [0.717, 1.165) is 4.90 Å². The van der Waals surface area contributed by atoms with Gasteiger partial charge in [-0.05, 0) is 36.6 Å². The van der Waals surface area contributed by atoms with Crippen LogP contribution in [0.2, 0.25) is 5.02 Å². The van der Waals surface area contributed by atoms with Gasteiger partial charge in [0.05, 0.1) is 28.4 Å². The van der Waals surface area contributed by atoms with Crippen LogP contribution in [0.3, 0.4) is 0 Å². The summed E-state index contributed by atoms with van der Waals surface area (Å²) in [4.78, 5) is 17.1. The van der Waals surface area contributed by atoms with Gasteiger partial charge in [-0.3, -0.25) is 4.90 Å². The van der Waals surface area contributed by atoms with Crippen LogP contribution in [-0.4, -0.2) is 41.8 Å². The lowest BCUT2D eigenvalue weighted by atomic mass is 10.00. The van der Waals surface area contributed by atoms with Gasteiger partial charge in [0, 0.05) is 11.5 Å². The van der Waals surface area contributed by atoms with Crippen LogP contribution < -0.4 is 4.90 Å². The summed E-state index contributed by atoms with van der Waals surface area (Å²) in [6.07, 6.45) is -4.57. The topological polar surface area (TPSA) is 96.1 Å². The van der Waals surface area contributed by atoms with Crippen molar-refractivity contribution in [3.63, 3.8) is 0 Å². The molecule has 2 amide bonds. The Morgan fingerprint density at radius 2 is 2.15 bits per heavy atom. The number of urea groups is 1. The SMILES string of the molecule is Cc1c(N2C(=O)N3CC[C@H](N=[N+]=[N-])[C@H]3C2C(F)(F)F)ccc(C#N)c1Cl. The summed E-state index contributed by atoms with van der Waals surface area (Å²) in [5.74, 6) is 0. The molecule has 0 aliphatic carbocycles. The average molecular weight is 385 g/mol. The highest BCUT2D eigenvalue weighted by Gasteiger charge is 2.62. The Morgan fingerprint density at radius 3 is 2.73 bits per heavy atom. The molecule has 3 rings (SSSR count). The highest BCUT2D eigenvalue weighted by Crippen LogP contribution is 2.45. The first-order chi connectivity index (χ1) is 12.2. The molecular weight excluding hydrogens is 373 g/mol. The molecule has 2 heterocycles. The van der Waals surface area contributed by atoms with Gasteiger partial charge in [-0.25, -0.2) is 4.79 Å². The molecule has 1 aromatic carbocycles. The van der Waals surface area contributed by atoms with Crippen LogP contribution in [0.25, 0.3) is 10.4 Å². The minimum Gasteiger partial charge on any atom is -0.318 e. The van der Waals surface area contributed by atoms with Crippen molar-refractivity contribution in [3.8, 4) is 6.07 Å². The number of rotatable bonds is 2. The number of nitriles is 1. The molecule has 3 atom stereocenters. The van der Waals surface area contributed by atoms with Crippen LogP contribution in [0, 0.1) is 18.3 Å². The number of fused-ring (bicyclic) bond motifs is 1. The van der Waals surface area contributed by atoms with Crippen molar-refractivity contribution < 1.29 is 18.0 Å². The number of nitrogens with zero attached hydrogens (tertiary/aromatic N) is 6. The summed E-state index contributed by atoms with van der Waals surface area (Å²) < 4.78 is 41.6. The van der Waals surface area contributed by atoms with Crippen LogP contribution in [0.4, 0.5) is 23.7 Å². The van der Waals surface area contributed by atoms with E-state index in [0.29, 0.717) is 4.90 Å². The van der Waals surface area contributed by atoms with Crippen molar-refractivity contribution in [2.24, 2.45) is 5.11 Å². The molecule has 0 spiro atoms. The molecule has 0 aromatic heterocycles. The third kappa shape index (κ3) is 2.60. The van der Waals surface area contributed by atoms with Crippen molar-refractivity contribution in [1.29, 1.82) is 5.26 Å². The lowest BCUT2D eigenvalue weighted by Gasteiger charge is -2.30. The van der Waals surface area contributed by atoms with E-state index in [4.69, 9.17) is 22.4 Å². The van der Waals surface area contributed by atoms with Crippen molar-refractivity contribution in [2.45, 2.75) is 37.6 Å². The maximum absolute atomic E-state index is 13.9. The zero-order valence-electron chi connectivity index (χ0n) is 13.4. The van der Waals surface area contributed by atoms with Crippen LogP contribution in [-0.2, 0) is 0 Å². The summed E-state index contributed by atoms with van der Waals surface area (Å²) in [7, 11) is 0. The van der Waals surface area contributed by atoms with E-state index in [2.05, 4.69) is 10.0 Å². The molecule has 0 N–H and O–H groups in total. The number of hydrogen-bond donors (Lipinski definition) is 0. The van der Waals surface area contributed by atoms with Gasteiger partial charge in [-0.1, -0.05) is 16.7 Å². The van der Waals surface area contributed by atoms with E-state index < -0.39 is 30.3 Å². The van der Waals surface area contributed by atoms with E-state index in [1.807, 2.05) is 6.07 Å². The third-order valence-corrected chi connectivity index (χ3v) is 5.23. The second kappa shape index (κ2) is 6.27. The monoisotopic (exact) mass is 384 g/mol. The van der Waals surface area contributed by atoms with Gasteiger partial charge in [0.25, 0.3) is 0 Å². The maximum atomic E-state index is 13.9. The molecule has 7 nitrogen and oxygen atoms in total. The Kier molecular flexibility index (Phi) is 4.38. The Labute approximate surface area is 151 Å². The maximum Gasteiger partial charge on any atom is 0.411 e. The summed E-state index contributed by atoms with van der Waals surface area (Å²) in [5.41, 5.74) is 8.93. The molecular formula is C15H12ClF3N6O. The largest absolute Gasteiger partial charge is 0.411 e. The van der Waals surface area contributed by atoms with E-state index in [1.165, 1.54) is 19.1 Å². The Hall–Kier alpha value is -2.63. The van der Waals surface area contributed by atoms with Crippen molar-refractivity contribution in [1.82, 2.24) is 4.90 Å². The van der Waals surface area contributed by atoms with Gasteiger partial charge in [0.1, 0.15) is 6.07 Å². The first-order valence-electron chi connectivity index (χ1n) is 7.62. The summed E-state index contributed by atoms with van der Waals surface area (Å²) in [6.45, 7) is 1.52. The average Bonchev–Trinajstić information content (AvgIpc) is 3.09. The van der Waals surface area contributed by atoms with Gasteiger partial charge < -0.3 is 4.90 Å². The number of amides is 2. The van der Waals surface area contributed by atoms with Crippen LogP contribution in [0.5, 0.6) is 0 Å². The van der Waals surface area contributed by atoms with Crippen molar-refractivity contribution in [3.05, 3.63) is 38.7 Å². The minimum atomic E-state index is -4.74. The number of azide groups is 1. The Bertz CT molecular complexity index is 860. The van der Waals surface area contributed by atoms with Crippen molar-refractivity contribution in [2.75, 3.05) is 11.4 Å². The van der Waals surface area contributed by atoms with E-state index in [9.17, 15) is 18.0 Å². The number of benzene rings is 1. The molecule has 2 saturated heterocycles. The normalized spacial score (nSPS) is 25.1. The highest BCUT2D eigenvalue weighted by molar-refractivity contribution is 6.33. The van der Waals surface area contributed by atoms with Gasteiger partial charge in [0.15, 0.2) is 6.04 Å². The summed E-state index contributed by atoms with van der Waals surface area (Å²) in [5, 5.41) is 12.5. The molecule has 1 unspecified atom stereocenters. The fourth-order valence-electron chi connectivity index (χ4n) is 3.62. The second-order valence-corrected chi connectivity index (χ2v) is 6.44. The Morgan fingerprint density at radius 1 is 1.46 bits per heavy atom. The minimum absolute atomic E-state index is 0.00243. The zero-order chi connectivity index (χ0) is 19.2. The van der Waals surface area contributed by atoms with Crippen molar-refractivity contribution >= 4 is 23.3 Å². The molecule has 136 valence electrons. The molecule has 0 radical (unpaired) electrons. The second-order valence-electron chi connectivity index (χ2n) is 6.07. The lowest BCUT2D eigenvalue weighted by molar-refractivity contribution is -0.152. The molecule has 0 saturated carbocycles. The van der Waals surface area contributed by atoms with Gasteiger partial charge in [0.2, 0.25) is 0 Å². The lowest BCUT2D eigenvalue weighted by Crippen LogP contribution is -2.51. The highest BCUT2D eigenvalue weighted by atomic mass is 35.5. The molecule has 2 aliphatic rings. The standard InChI is InChI=1S/C15H12ClF3N6O/c1-7-10(3-2-8(6-20)11(7)16)25-13(15(17,18)19)12-9(22-23-21)4-5-24(12)14(25)26/h2-3,9,12-13H,4-5H2,1H3/t9-,12-,13?/m0/s1. The number of carbonyl (C=O) groups excluding carboxylic acids is 1. The number of carbonyl (C=O) groups is 1. The van der Waals surface area contributed by atoms with Gasteiger partial charge >= 0.3 is 12.2 Å². The fraction of sp³-hybridized carbons (Fsp3) is 0.467. The first-order valence-corrected chi connectivity index (χ1v) is 8.00. The number of halogens is 4.